The molecule has 0 spiro atoms. The highest BCUT2D eigenvalue weighted by molar-refractivity contribution is 7.89. The Bertz CT molecular complexity index is 978. The standard InChI is InChI=1S/C21H25ClN2O6S/c1-16(30-20-5-3-2-4-19(20)22)21(25)23-10-13-29-17-6-8-18(9-7-17)31(26,27)24-11-14-28-15-12-24/h2-9,16H,10-15H2,1H3,(H,23,25). The summed E-state index contributed by atoms with van der Waals surface area (Å²) in [5.74, 6) is 0.654. The number of carbonyl (C=O) groups excluding carboxylic acids is 1. The number of morpholine rings is 1. The van der Waals surface area contributed by atoms with E-state index in [1.807, 2.05) is 0 Å². The van der Waals surface area contributed by atoms with Crippen LogP contribution in [0.5, 0.6) is 11.5 Å². The maximum Gasteiger partial charge on any atom is 0.260 e. The molecule has 1 saturated heterocycles. The SMILES string of the molecule is CC(Oc1ccccc1Cl)C(=O)NCCOc1ccc(S(=O)(=O)N2CCOCC2)cc1. The molecule has 1 aliphatic heterocycles. The van der Waals surface area contributed by atoms with E-state index in [1.165, 1.54) is 16.4 Å². The Balaban J connectivity index is 1.43. The summed E-state index contributed by atoms with van der Waals surface area (Å²) in [6, 6.07) is 13.1. The third-order valence-electron chi connectivity index (χ3n) is 4.61. The average molecular weight is 469 g/mol. The summed E-state index contributed by atoms with van der Waals surface area (Å²) >= 11 is 6.03. The summed E-state index contributed by atoms with van der Waals surface area (Å²) in [5.41, 5.74) is 0. The van der Waals surface area contributed by atoms with Crippen molar-refractivity contribution in [3.8, 4) is 11.5 Å². The zero-order valence-electron chi connectivity index (χ0n) is 17.1. The molecule has 2 aromatic rings. The predicted octanol–water partition coefficient (Wildman–Crippen LogP) is 2.32. The minimum absolute atomic E-state index is 0.209. The van der Waals surface area contributed by atoms with Gasteiger partial charge in [0.05, 0.1) is 29.7 Å². The molecule has 0 bridgehead atoms. The van der Waals surface area contributed by atoms with Crippen molar-refractivity contribution in [3.63, 3.8) is 0 Å². The lowest BCUT2D eigenvalue weighted by molar-refractivity contribution is -0.127. The number of carbonyl (C=O) groups is 1. The molecule has 2 aromatic carbocycles. The first-order valence-electron chi connectivity index (χ1n) is 9.87. The molecular formula is C21H25ClN2O6S. The Kier molecular flexibility index (Phi) is 8.14. The number of hydrogen-bond acceptors (Lipinski definition) is 6. The van der Waals surface area contributed by atoms with Crippen LogP contribution in [0.2, 0.25) is 5.02 Å². The van der Waals surface area contributed by atoms with Gasteiger partial charge in [0.2, 0.25) is 10.0 Å². The normalized spacial score (nSPS) is 15.8. The number of para-hydroxylation sites is 1. The monoisotopic (exact) mass is 468 g/mol. The Morgan fingerprint density at radius 2 is 1.84 bits per heavy atom. The Morgan fingerprint density at radius 1 is 1.16 bits per heavy atom. The number of halogens is 1. The largest absolute Gasteiger partial charge is 0.492 e. The molecule has 0 aliphatic carbocycles. The molecule has 10 heteroatoms. The molecule has 1 heterocycles. The molecule has 168 valence electrons. The molecule has 1 N–H and O–H groups in total. The van der Waals surface area contributed by atoms with Gasteiger partial charge in [0, 0.05) is 13.1 Å². The molecule has 31 heavy (non-hydrogen) atoms. The summed E-state index contributed by atoms with van der Waals surface area (Å²) in [6.07, 6.45) is -0.718. The zero-order chi connectivity index (χ0) is 22.3. The maximum atomic E-state index is 12.6. The second kappa shape index (κ2) is 10.8. The lowest BCUT2D eigenvalue weighted by atomic mass is 10.3. The average Bonchev–Trinajstić information content (AvgIpc) is 2.79. The Labute approximate surface area is 187 Å². The van der Waals surface area contributed by atoms with Crippen LogP contribution in [-0.4, -0.2) is 64.2 Å². The van der Waals surface area contributed by atoms with Crippen LogP contribution in [0, 0.1) is 0 Å². The first-order valence-corrected chi connectivity index (χ1v) is 11.7. The van der Waals surface area contributed by atoms with Crippen molar-refractivity contribution in [2.24, 2.45) is 0 Å². The summed E-state index contributed by atoms with van der Waals surface area (Å²) in [6.45, 7) is 3.61. The fraction of sp³-hybridized carbons (Fsp3) is 0.381. The number of sulfonamides is 1. The van der Waals surface area contributed by atoms with E-state index in [4.69, 9.17) is 25.8 Å². The number of nitrogens with zero attached hydrogens (tertiary/aromatic N) is 1. The molecule has 1 atom stereocenters. The van der Waals surface area contributed by atoms with Gasteiger partial charge in [-0.25, -0.2) is 8.42 Å². The third-order valence-corrected chi connectivity index (χ3v) is 6.84. The molecule has 1 aliphatic rings. The van der Waals surface area contributed by atoms with E-state index in [2.05, 4.69) is 5.32 Å². The Morgan fingerprint density at radius 3 is 2.52 bits per heavy atom. The van der Waals surface area contributed by atoms with Crippen molar-refractivity contribution in [2.75, 3.05) is 39.5 Å². The van der Waals surface area contributed by atoms with Gasteiger partial charge in [-0.2, -0.15) is 4.31 Å². The molecule has 0 saturated carbocycles. The van der Waals surface area contributed by atoms with Crippen molar-refractivity contribution in [1.82, 2.24) is 9.62 Å². The van der Waals surface area contributed by atoms with Gasteiger partial charge >= 0.3 is 0 Å². The molecular weight excluding hydrogens is 444 g/mol. The molecule has 1 fully saturated rings. The van der Waals surface area contributed by atoms with Gasteiger partial charge in [0.1, 0.15) is 18.1 Å². The molecule has 1 unspecified atom stereocenters. The molecule has 1 amide bonds. The Hall–Kier alpha value is -2.33. The minimum atomic E-state index is -3.54. The second-order valence-corrected chi connectivity index (χ2v) is 9.16. The summed E-state index contributed by atoms with van der Waals surface area (Å²) in [5, 5.41) is 3.16. The molecule has 0 aromatic heterocycles. The van der Waals surface area contributed by atoms with Crippen molar-refractivity contribution in [3.05, 3.63) is 53.6 Å². The van der Waals surface area contributed by atoms with Gasteiger partial charge < -0.3 is 19.5 Å². The van der Waals surface area contributed by atoms with E-state index >= 15 is 0 Å². The smallest absolute Gasteiger partial charge is 0.260 e. The maximum absolute atomic E-state index is 12.6. The fourth-order valence-corrected chi connectivity index (χ4v) is 4.50. The number of rotatable bonds is 9. The van der Waals surface area contributed by atoms with Gasteiger partial charge in [0.25, 0.3) is 5.91 Å². The molecule has 8 nitrogen and oxygen atoms in total. The number of amides is 1. The first kappa shape index (κ1) is 23.3. The van der Waals surface area contributed by atoms with Crippen molar-refractivity contribution in [2.45, 2.75) is 17.9 Å². The number of nitrogens with one attached hydrogen (secondary N) is 1. The van der Waals surface area contributed by atoms with E-state index < -0.39 is 16.1 Å². The highest BCUT2D eigenvalue weighted by Crippen LogP contribution is 2.24. The van der Waals surface area contributed by atoms with E-state index in [9.17, 15) is 13.2 Å². The fourth-order valence-electron chi connectivity index (χ4n) is 2.91. The zero-order valence-corrected chi connectivity index (χ0v) is 18.7. The van der Waals surface area contributed by atoms with Gasteiger partial charge in [-0.15, -0.1) is 0 Å². The van der Waals surface area contributed by atoms with Crippen LogP contribution >= 0.6 is 11.6 Å². The van der Waals surface area contributed by atoms with Crippen LogP contribution < -0.4 is 14.8 Å². The first-order chi connectivity index (χ1) is 14.9. The highest BCUT2D eigenvalue weighted by Gasteiger charge is 2.26. The number of hydrogen-bond donors (Lipinski definition) is 1. The third kappa shape index (κ3) is 6.33. The number of ether oxygens (including phenoxy) is 3. The lowest BCUT2D eigenvalue weighted by Crippen LogP contribution is -2.40. The number of benzene rings is 2. The quantitative estimate of drug-likeness (QED) is 0.567. The van der Waals surface area contributed by atoms with Gasteiger partial charge in [-0.05, 0) is 43.3 Å². The van der Waals surface area contributed by atoms with Crippen LogP contribution in [0.3, 0.4) is 0 Å². The summed E-state index contributed by atoms with van der Waals surface area (Å²) < 4.78 is 43.0. The van der Waals surface area contributed by atoms with E-state index in [0.29, 0.717) is 42.8 Å². The van der Waals surface area contributed by atoms with E-state index in [-0.39, 0.29) is 24.0 Å². The van der Waals surface area contributed by atoms with Crippen molar-refractivity contribution >= 4 is 27.5 Å². The van der Waals surface area contributed by atoms with Crippen LogP contribution in [0.25, 0.3) is 0 Å². The lowest BCUT2D eigenvalue weighted by Gasteiger charge is -2.26. The topological polar surface area (TPSA) is 94.2 Å². The van der Waals surface area contributed by atoms with Gasteiger partial charge in [0.15, 0.2) is 6.10 Å². The van der Waals surface area contributed by atoms with Crippen LogP contribution in [0.1, 0.15) is 6.92 Å². The minimum Gasteiger partial charge on any atom is -0.492 e. The summed E-state index contributed by atoms with van der Waals surface area (Å²) in [7, 11) is -3.54. The predicted molar refractivity (Wildman–Crippen MR) is 116 cm³/mol. The van der Waals surface area contributed by atoms with Crippen molar-refractivity contribution < 1.29 is 27.4 Å². The van der Waals surface area contributed by atoms with Gasteiger partial charge in [-0.3, -0.25) is 4.79 Å². The van der Waals surface area contributed by atoms with Crippen LogP contribution in [0.4, 0.5) is 0 Å². The van der Waals surface area contributed by atoms with E-state index in [1.54, 1.807) is 43.3 Å². The molecule has 0 radical (unpaired) electrons. The highest BCUT2D eigenvalue weighted by atomic mass is 35.5. The van der Waals surface area contributed by atoms with Crippen LogP contribution in [0.15, 0.2) is 53.4 Å². The van der Waals surface area contributed by atoms with Crippen LogP contribution in [-0.2, 0) is 19.6 Å². The van der Waals surface area contributed by atoms with Crippen molar-refractivity contribution in [1.29, 1.82) is 0 Å². The molecule has 3 rings (SSSR count). The second-order valence-electron chi connectivity index (χ2n) is 6.82. The van der Waals surface area contributed by atoms with E-state index in [0.717, 1.165) is 0 Å². The summed E-state index contributed by atoms with van der Waals surface area (Å²) in [4.78, 5) is 12.4. The van der Waals surface area contributed by atoms with Gasteiger partial charge in [-0.1, -0.05) is 23.7 Å².